The number of carbonyl (C=O) groups excluding carboxylic acids is 3. The molecule has 3 aliphatic carbocycles. The smallest absolute Gasteiger partial charge is 0.408 e. The quantitative estimate of drug-likeness (QED) is 0.192. The summed E-state index contributed by atoms with van der Waals surface area (Å²) in [5.74, 6) is -2.53. The van der Waals surface area contributed by atoms with Gasteiger partial charge in [0.15, 0.2) is 0 Å². The molecule has 5 aliphatic rings. The van der Waals surface area contributed by atoms with Crippen molar-refractivity contribution in [2.45, 2.75) is 114 Å². The van der Waals surface area contributed by atoms with E-state index in [0.717, 1.165) is 19.3 Å². The Morgan fingerprint density at radius 2 is 1.77 bits per heavy atom. The monoisotopic (exact) mass is 873 g/mol. The molecule has 2 aromatic carbocycles. The minimum atomic E-state index is -4.05. The van der Waals surface area contributed by atoms with E-state index in [0.29, 0.717) is 53.5 Å². The minimum absolute atomic E-state index is 0.0471. The van der Waals surface area contributed by atoms with Crippen LogP contribution in [0.15, 0.2) is 60.7 Å². The molecule has 4 amide bonds. The third-order valence-corrected chi connectivity index (χ3v) is 16.0. The number of fused-ring (bicyclic) bond motifs is 3. The second-order valence-electron chi connectivity index (χ2n) is 19.0. The molecule has 16 heteroatoms. The number of allylic oxidation sites excluding steroid dienone is 1. The van der Waals surface area contributed by atoms with Crippen molar-refractivity contribution in [2.75, 3.05) is 20.2 Å². The van der Waals surface area contributed by atoms with E-state index in [9.17, 15) is 32.3 Å². The van der Waals surface area contributed by atoms with Crippen molar-refractivity contribution in [2.24, 2.45) is 23.2 Å². The van der Waals surface area contributed by atoms with E-state index >= 15 is 4.79 Å². The molecular formula is C46H56FN5O9S. The number of sulfonamides is 1. The molecule has 3 saturated carbocycles. The van der Waals surface area contributed by atoms with Gasteiger partial charge in [-0.2, -0.15) is 0 Å². The number of rotatable bonds is 10. The van der Waals surface area contributed by atoms with Crippen molar-refractivity contribution >= 4 is 44.6 Å². The van der Waals surface area contributed by atoms with Gasteiger partial charge in [-0.05, 0) is 129 Å². The van der Waals surface area contributed by atoms with Crippen molar-refractivity contribution in [1.82, 2.24) is 24.8 Å². The van der Waals surface area contributed by atoms with Crippen LogP contribution >= 0.6 is 0 Å². The van der Waals surface area contributed by atoms with Gasteiger partial charge in [0.2, 0.25) is 27.7 Å². The molecule has 8 rings (SSSR count). The summed E-state index contributed by atoms with van der Waals surface area (Å²) in [5.41, 5.74) is -0.769. The summed E-state index contributed by atoms with van der Waals surface area (Å²) in [6.07, 6.45) is 6.22. The molecule has 0 radical (unpaired) electrons. The number of amides is 4. The van der Waals surface area contributed by atoms with E-state index in [-0.39, 0.29) is 43.1 Å². The van der Waals surface area contributed by atoms with Crippen LogP contribution in [0.1, 0.15) is 85.5 Å². The molecular weight excluding hydrogens is 818 g/mol. The van der Waals surface area contributed by atoms with Crippen LogP contribution in [0.2, 0.25) is 0 Å². The number of halogens is 1. The van der Waals surface area contributed by atoms with E-state index in [1.54, 1.807) is 38.3 Å². The largest absolute Gasteiger partial charge is 0.497 e. The minimum Gasteiger partial charge on any atom is -0.497 e. The van der Waals surface area contributed by atoms with Gasteiger partial charge in [-0.15, -0.1) is 0 Å². The molecule has 0 unspecified atom stereocenters. The number of hydrogen-bond acceptors (Lipinski definition) is 9. The summed E-state index contributed by atoms with van der Waals surface area (Å²) in [5, 5.41) is 15.0. The molecule has 3 aromatic rings. The third-order valence-electron chi connectivity index (χ3n) is 13.9. The van der Waals surface area contributed by atoms with E-state index in [4.69, 9.17) is 14.5 Å². The van der Waals surface area contributed by atoms with Gasteiger partial charge in [-0.1, -0.05) is 32.9 Å². The number of hydrogen-bond donors (Lipinski definition) is 3. The highest BCUT2D eigenvalue weighted by Gasteiger charge is 2.63. The maximum absolute atomic E-state index is 15.3. The third kappa shape index (κ3) is 8.58. The second-order valence-corrected chi connectivity index (χ2v) is 21.2. The van der Waals surface area contributed by atoms with Gasteiger partial charge in [-0.25, -0.2) is 22.6 Å². The zero-order chi connectivity index (χ0) is 44.4. The molecule has 2 aliphatic heterocycles. The van der Waals surface area contributed by atoms with Gasteiger partial charge in [-0.3, -0.25) is 24.0 Å². The average Bonchev–Trinajstić information content (AvgIpc) is 4.19. The zero-order valence-corrected chi connectivity index (χ0v) is 36.7. The van der Waals surface area contributed by atoms with Crippen LogP contribution in [0, 0.1) is 29.0 Å². The van der Waals surface area contributed by atoms with Crippen LogP contribution in [0.5, 0.6) is 11.6 Å². The lowest BCUT2D eigenvalue weighted by Crippen LogP contribution is -2.60. The standard InChI is InChI=1S/C46H56FN5O9S/c1-27-8-6-7-9-31-24-46(31,42(55)50-62(58,59)45(4)18-19-45)49-39(53)37-23-34(25-51(37)41(54)38(28(2)20-27)52(43(56)57)26-44(3)16-17-44)61-40-35-15-14-33(60-5)21-30(35)22-36(48-40)29-10-12-32(47)13-11-29/h7,9-15,21-22,27-28,31,34,37-38H,6,8,16-20,23-26H2,1-5H3,(H,49,53)(H,50,55)(H,56,57)/b9-7-/t27-,28-,31-,34-,37+,38+,46-/m1/s1. The summed E-state index contributed by atoms with van der Waals surface area (Å²) < 4.78 is 54.0. The lowest BCUT2D eigenvalue weighted by Gasteiger charge is -2.38. The van der Waals surface area contributed by atoms with Gasteiger partial charge in [0.25, 0.3) is 5.91 Å². The van der Waals surface area contributed by atoms with Crippen molar-refractivity contribution in [3.63, 3.8) is 0 Å². The van der Waals surface area contributed by atoms with E-state index < -0.39 is 80.0 Å². The topological polar surface area (TPSA) is 185 Å². The molecule has 3 heterocycles. The lowest BCUT2D eigenvalue weighted by molar-refractivity contribution is -0.144. The van der Waals surface area contributed by atoms with Crippen LogP contribution in [0.3, 0.4) is 0 Å². The summed E-state index contributed by atoms with van der Waals surface area (Å²) in [7, 11) is -2.50. The molecule has 4 fully saturated rings. The first-order valence-corrected chi connectivity index (χ1v) is 23.1. The molecule has 7 atom stereocenters. The summed E-state index contributed by atoms with van der Waals surface area (Å²) in [6.45, 7) is 7.57. The Morgan fingerprint density at radius 3 is 2.44 bits per heavy atom. The molecule has 0 bridgehead atoms. The van der Waals surface area contributed by atoms with Crippen molar-refractivity contribution in [1.29, 1.82) is 0 Å². The van der Waals surface area contributed by atoms with Crippen molar-refractivity contribution in [3.05, 3.63) is 66.5 Å². The number of ether oxygens (including phenoxy) is 2. The highest BCUT2D eigenvalue weighted by molar-refractivity contribution is 7.91. The second kappa shape index (κ2) is 16.1. The highest BCUT2D eigenvalue weighted by atomic mass is 32.2. The Kier molecular flexibility index (Phi) is 11.3. The van der Waals surface area contributed by atoms with Crippen molar-refractivity contribution < 1.29 is 46.6 Å². The maximum atomic E-state index is 15.3. The van der Waals surface area contributed by atoms with Crippen LogP contribution in [0.25, 0.3) is 22.0 Å². The van der Waals surface area contributed by atoms with E-state index in [2.05, 4.69) is 17.0 Å². The SMILES string of the molecule is COc1ccc2c(O[C@@H]3C[C@H]4C(=O)N[C@]5(C(=O)NS(=O)(=O)C6(C)CC6)C[C@H]5/C=C\CC[C@@H](C)C[C@@H](C)[C@H](N(CC5(C)CC5)C(=O)O)C(=O)N4C3)nc(-c3ccc(F)cc3)cc2c1. The number of nitrogens with zero attached hydrogens (tertiary/aromatic N) is 3. The highest BCUT2D eigenvalue weighted by Crippen LogP contribution is 2.49. The summed E-state index contributed by atoms with van der Waals surface area (Å²) in [4.78, 5) is 64.8. The van der Waals surface area contributed by atoms with E-state index in [1.165, 1.54) is 21.9 Å². The predicted octanol–water partition coefficient (Wildman–Crippen LogP) is 6.43. The van der Waals surface area contributed by atoms with E-state index in [1.807, 2.05) is 38.1 Å². The Balaban J connectivity index is 1.18. The van der Waals surface area contributed by atoms with Gasteiger partial charge in [0, 0.05) is 29.8 Å². The zero-order valence-electron chi connectivity index (χ0n) is 35.9. The van der Waals surface area contributed by atoms with Gasteiger partial charge in [0.1, 0.15) is 35.3 Å². The van der Waals surface area contributed by atoms with Crippen LogP contribution in [-0.2, 0) is 24.4 Å². The van der Waals surface area contributed by atoms with Crippen molar-refractivity contribution in [3.8, 4) is 22.9 Å². The fraction of sp³-hybridized carbons (Fsp3) is 0.543. The maximum Gasteiger partial charge on any atom is 0.408 e. The Bertz CT molecular complexity index is 2420. The first-order chi connectivity index (χ1) is 29.3. The molecule has 1 aromatic heterocycles. The normalized spacial score (nSPS) is 29.5. The first-order valence-electron chi connectivity index (χ1n) is 21.6. The number of pyridine rings is 1. The fourth-order valence-electron chi connectivity index (χ4n) is 9.23. The molecule has 14 nitrogen and oxygen atoms in total. The number of aromatic nitrogens is 1. The molecule has 332 valence electrons. The van der Waals surface area contributed by atoms with Gasteiger partial charge in [0.05, 0.1) is 24.1 Å². The van der Waals surface area contributed by atoms with Crippen LogP contribution in [-0.4, -0.2) is 101 Å². The molecule has 62 heavy (non-hydrogen) atoms. The number of benzene rings is 2. The Morgan fingerprint density at radius 1 is 1.05 bits per heavy atom. The lowest BCUT2D eigenvalue weighted by atomic mass is 9.86. The fourth-order valence-corrected chi connectivity index (χ4v) is 10.5. The number of nitrogens with one attached hydrogen (secondary N) is 2. The van der Waals surface area contributed by atoms with Gasteiger partial charge >= 0.3 is 6.09 Å². The number of carboxylic acid groups (broad SMARTS) is 1. The van der Waals surface area contributed by atoms with Crippen LogP contribution < -0.4 is 19.5 Å². The Hall–Kier alpha value is -5.25. The molecule has 3 N–H and O–H groups in total. The first kappa shape index (κ1) is 43.4. The molecule has 1 saturated heterocycles. The summed E-state index contributed by atoms with van der Waals surface area (Å²) >= 11 is 0. The number of carbonyl (C=O) groups is 4. The summed E-state index contributed by atoms with van der Waals surface area (Å²) in [6, 6.07) is 10.7. The predicted molar refractivity (Wildman–Crippen MR) is 229 cm³/mol. The number of methoxy groups -OCH3 is 1. The van der Waals surface area contributed by atoms with Crippen LogP contribution in [0.4, 0.5) is 9.18 Å². The Labute approximate surface area is 361 Å². The average molecular weight is 874 g/mol. The molecule has 0 spiro atoms. The van der Waals surface area contributed by atoms with Gasteiger partial charge < -0.3 is 24.8 Å².